The first-order chi connectivity index (χ1) is 13.0. The fourth-order valence-electron chi connectivity index (χ4n) is 3.70. The molecular formula is C21H30N4O2. The molecule has 2 aromatic rings. The minimum absolute atomic E-state index is 0.0314. The quantitative estimate of drug-likeness (QED) is 0.787. The van der Waals surface area contributed by atoms with Crippen LogP contribution < -0.4 is 10.6 Å². The molecule has 1 saturated carbocycles. The van der Waals surface area contributed by atoms with Crippen molar-refractivity contribution in [1.29, 1.82) is 0 Å². The first-order valence-electron chi connectivity index (χ1n) is 10.1. The van der Waals surface area contributed by atoms with Crippen molar-refractivity contribution in [2.75, 3.05) is 6.54 Å². The maximum atomic E-state index is 12.6. The number of hydrogen-bond donors (Lipinski definition) is 2. The number of pyridine rings is 1. The molecule has 2 heterocycles. The van der Waals surface area contributed by atoms with E-state index < -0.39 is 6.04 Å². The fourth-order valence-corrected chi connectivity index (χ4v) is 3.70. The van der Waals surface area contributed by atoms with E-state index in [1.807, 2.05) is 48.8 Å². The molecule has 3 rings (SSSR count). The topological polar surface area (TPSA) is 75.5 Å². The van der Waals surface area contributed by atoms with Crippen LogP contribution in [0.15, 0.2) is 30.6 Å². The number of aromatic nitrogens is 2. The van der Waals surface area contributed by atoms with Gasteiger partial charge in [-0.1, -0.05) is 39.2 Å². The van der Waals surface area contributed by atoms with Crippen LogP contribution in [-0.4, -0.2) is 33.8 Å². The molecule has 1 fully saturated rings. The molecule has 0 aliphatic heterocycles. The summed E-state index contributed by atoms with van der Waals surface area (Å²) >= 11 is 0. The molecule has 0 aromatic carbocycles. The zero-order chi connectivity index (χ0) is 19.2. The van der Waals surface area contributed by atoms with E-state index in [1.165, 1.54) is 6.42 Å². The van der Waals surface area contributed by atoms with Crippen LogP contribution in [0.25, 0.3) is 5.65 Å². The van der Waals surface area contributed by atoms with E-state index in [0.717, 1.165) is 37.0 Å². The fraction of sp³-hybridized carbons (Fsp3) is 0.571. The zero-order valence-electron chi connectivity index (χ0n) is 16.3. The lowest BCUT2D eigenvalue weighted by molar-refractivity contribution is -0.132. The Hall–Kier alpha value is -2.37. The van der Waals surface area contributed by atoms with Crippen molar-refractivity contribution in [3.05, 3.63) is 36.3 Å². The van der Waals surface area contributed by atoms with Crippen molar-refractivity contribution in [3.8, 4) is 0 Å². The van der Waals surface area contributed by atoms with E-state index in [4.69, 9.17) is 0 Å². The lowest BCUT2D eigenvalue weighted by atomic mass is 9.88. The molecule has 0 spiro atoms. The summed E-state index contributed by atoms with van der Waals surface area (Å²) in [5.74, 6) is 0.0281. The Morgan fingerprint density at radius 1 is 1.22 bits per heavy atom. The molecule has 146 valence electrons. The van der Waals surface area contributed by atoms with Crippen molar-refractivity contribution in [1.82, 2.24) is 20.0 Å². The summed E-state index contributed by atoms with van der Waals surface area (Å²) in [6.07, 6.45) is 9.89. The molecule has 0 bridgehead atoms. The molecular weight excluding hydrogens is 340 g/mol. The van der Waals surface area contributed by atoms with Gasteiger partial charge in [0.1, 0.15) is 11.7 Å². The normalized spacial score (nSPS) is 16.4. The standard InChI is InChI=1S/C21H30N4O2/c1-15(2)19(24-20(26)16-8-4-3-5-9-16)21(27)22-12-11-17-14-25-13-7-6-10-18(25)23-17/h6-7,10,13-16,19H,3-5,8-9,11-12H2,1-2H3,(H,22,27)(H,24,26). The summed E-state index contributed by atoms with van der Waals surface area (Å²) in [5.41, 5.74) is 1.84. The predicted octanol–water partition coefficient (Wildman–Crippen LogP) is 2.71. The number of hydrogen-bond acceptors (Lipinski definition) is 3. The van der Waals surface area contributed by atoms with Crippen LogP contribution in [0.2, 0.25) is 0 Å². The van der Waals surface area contributed by atoms with Gasteiger partial charge in [-0.05, 0) is 30.9 Å². The summed E-state index contributed by atoms with van der Waals surface area (Å²) < 4.78 is 1.97. The SMILES string of the molecule is CC(C)C(NC(=O)C1CCCCC1)C(=O)NCCc1cn2ccccc2n1. The number of carbonyl (C=O) groups excluding carboxylic acids is 2. The van der Waals surface area contributed by atoms with Crippen LogP contribution in [0.3, 0.4) is 0 Å². The summed E-state index contributed by atoms with van der Waals surface area (Å²) in [4.78, 5) is 29.7. The molecule has 27 heavy (non-hydrogen) atoms. The second-order valence-corrected chi connectivity index (χ2v) is 7.80. The summed E-state index contributed by atoms with van der Waals surface area (Å²) in [6.45, 7) is 4.44. The van der Waals surface area contributed by atoms with Gasteiger partial charge in [0.2, 0.25) is 11.8 Å². The van der Waals surface area contributed by atoms with E-state index in [9.17, 15) is 9.59 Å². The third-order valence-corrected chi connectivity index (χ3v) is 5.32. The number of nitrogens with one attached hydrogen (secondary N) is 2. The van der Waals surface area contributed by atoms with E-state index in [-0.39, 0.29) is 23.7 Å². The first-order valence-corrected chi connectivity index (χ1v) is 10.1. The lowest BCUT2D eigenvalue weighted by Gasteiger charge is -2.26. The van der Waals surface area contributed by atoms with Crippen LogP contribution >= 0.6 is 0 Å². The number of fused-ring (bicyclic) bond motifs is 1. The highest BCUT2D eigenvalue weighted by atomic mass is 16.2. The van der Waals surface area contributed by atoms with Gasteiger partial charge >= 0.3 is 0 Å². The van der Waals surface area contributed by atoms with Gasteiger partial charge in [-0.2, -0.15) is 0 Å². The average molecular weight is 370 g/mol. The third-order valence-electron chi connectivity index (χ3n) is 5.32. The van der Waals surface area contributed by atoms with Crippen molar-refractivity contribution >= 4 is 17.5 Å². The van der Waals surface area contributed by atoms with Gasteiger partial charge in [-0.15, -0.1) is 0 Å². The Morgan fingerprint density at radius 3 is 2.70 bits per heavy atom. The predicted molar refractivity (Wildman–Crippen MR) is 105 cm³/mol. The molecule has 1 aliphatic rings. The van der Waals surface area contributed by atoms with Gasteiger partial charge < -0.3 is 15.0 Å². The smallest absolute Gasteiger partial charge is 0.242 e. The van der Waals surface area contributed by atoms with Gasteiger partial charge in [-0.25, -0.2) is 4.98 Å². The monoisotopic (exact) mass is 370 g/mol. The number of carbonyl (C=O) groups is 2. The zero-order valence-corrected chi connectivity index (χ0v) is 16.3. The first kappa shape index (κ1) is 19.4. The van der Waals surface area contributed by atoms with Crippen molar-refractivity contribution < 1.29 is 9.59 Å². The Bertz CT molecular complexity index is 744. The molecule has 2 N–H and O–H groups in total. The van der Waals surface area contributed by atoms with E-state index in [2.05, 4.69) is 15.6 Å². The summed E-state index contributed by atoms with van der Waals surface area (Å²) in [6, 6.07) is 5.39. The minimum atomic E-state index is -0.486. The molecule has 2 amide bonds. The molecule has 1 atom stereocenters. The Balaban J connectivity index is 1.51. The number of amides is 2. The van der Waals surface area contributed by atoms with Crippen molar-refractivity contribution in [2.24, 2.45) is 11.8 Å². The molecule has 1 unspecified atom stereocenters. The van der Waals surface area contributed by atoms with Gasteiger partial charge in [0.15, 0.2) is 0 Å². The minimum Gasteiger partial charge on any atom is -0.354 e. The highest BCUT2D eigenvalue weighted by Crippen LogP contribution is 2.24. The van der Waals surface area contributed by atoms with Crippen LogP contribution in [0.1, 0.15) is 51.6 Å². The highest BCUT2D eigenvalue weighted by Gasteiger charge is 2.28. The van der Waals surface area contributed by atoms with Gasteiger partial charge in [0, 0.05) is 31.3 Å². The van der Waals surface area contributed by atoms with Gasteiger partial charge in [0.25, 0.3) is 0 Å². The average Bonchev–Trinajstić information content (AvgIpc) is 3.09. The lowest BCUT2D eigenvalue weighted by Crippen LogP contribution is -2.51. The Labute approximate surface area is 160 Å². The molecule has 6 nitrogen and oxygen atoms in total. The number of nitrogens with zero attached hydrogens (tertiary/aromatic N) is 2. The van der Waals surface area contributed by atoms with Crippen LogP contribution in [0, 0.1) is 11.8 Å². The van der Waals surface area contributed by atoms with Crippen molar-refractivity contribution in [2.45, 2.75) is 58.4 Å². The van der Waals surface area contributed by atoms with Gasteiger partial charge in [0.05, 0.1) is 5.69 Å². The summed E-state index contributed by atoms with van der Waals surface area (Å²) in [7, 11) is 0. The highest BCUT2D eigenvalue weighted by molar-refractivity contribution is 5.88. The maximum absolute atomic E-state index is 12.6. The van der Waals surface area contributed by atoms with Crippen LogP contribution in [-0.2, 0) is 16.0 Å². The second-order valence-electron chi connectivity index (χ2n) is 7.80. The van der Waals surface area contributed by atoms with Crippen molar-refractivity contribution in [3.63, 3.8) is 0 Å². The molecule has 6 heteroatoms. The largest absolute Gasteiger partial charge is 0.354 e. The van der Waals surface area contributed by atoms with E-state index >= 15 is 0 Å². The van der Waals surface area contributed by atoms with E-state index in [0.29, 0.717) is 13.0 Å². The molecule has 0 saturated heterocycles. The molecule has 2 aromatic heterocycles. The third kappa shape index (κ3) is 5.08. The summed E-state index contributed by atoms with van der Waals surface area (Å²) in [5, 5.41) is 5.95. The van der Waals surface area contributed by atoms with E-state index in [1.54, 1.807) is 0 Å². The maximum Gasteiger partial charge on any atom is 0.242 e. The second kappa shape index (κ2) is 9.02. The Morgan fingerprint density at radius 2 is 2.00 bits per heavy atom. The number of rotatable bonds is 7. The van der Waals surface area contributed by atoms with Crippen LogP contribution in [0.4, 0.5) is 0 Å². The molecule has 1 aliphatic carbocycles. The molecule has 0 radical (unpaired) electrons. The number of imidazole rings is 1. The Kier molecular flexibility index (Phi) is 6.48. The van der Waals surface area contributed by atoms with Gasteiger partial charge in [-0.3, -0.25) is 9.59 Å². The van der Waals surface area contributed by atoms with Crippen LogP contribution in [0.5, 0.6) is 0 Å².